The molecule has 0 radical (unpaired) electrons. The first-order valence-corrected chi connectivity index (χ1v) is 21.1. The average Bonchev–Trinajstić information content (AvgIpc) is 3.67. The van der Waals surface area contributed by atoms with Gasteiger partial charge in [0.1, 0.15) is 18.2 Å². The van der Waals surface area contributed by atoms with Gasteiger partial charge in [-0.1, -0.05) is 66.2 Å². The summed E-state index contributed by atoms with van der Waals surface area (Å²) in [5.41, 5.74) is 6.97. The molecule has 4 aromatic carbocycles. The number of hydrogen-bond donors (Lipinski definition) is 1. The molecule has 0 spiro atoms. The van der Waals surface area contributed by atoms with Crippen molar-refractivity contribution in [3.63, 3.8) is 0 Å². The van der Waals surface area contributed by atoms with Crippen LogP contribution in [0.25, 0.3) is 33.3 Å². The van der Waals surface area contributed by atoms with E-state index >= 15 is 0 Å². The number of fused-ring (bicyclic) bond motifs is 1. The number of aromatic nitrogens is 4. The molecule has 0 bridgehead atoms. The monoisotopic (exact) mass is 793 g/mol. The lowest BCUT2D eigenvalue weighted by molar-refractivity contribution is 0.0891. The number of hydrogen-bond acceptors (Lipinski definition) is 8. The van der Waals surface area contributed by atoms with Crippen molar-refractivity contribution in [3.05, 3.63) is 149 Å². The predicted molar refractivity (Wildman–Crippen MR) is 215 cm³/mol. The van der Waals surface area contributed by atoms with Gasteiger partial charge in [0, 0.05) is 40.2 Å². The number of nitrogens with one attached hydrogen (secondary N) is 1. The predicted octanol–water partition coefficient (Wildman–Crippen LogP) is 7.88. The van der Waals surface area contributed by atoms with E-state index in [-0.39, 0.29) is 35.3 Å². The smallest absolute Gasteiger partial charge is 0.269 e. The van der Waals surface area contributed by atoms with Crippen molar-refractivity contribution >= 4 is 36.8 Å². The summed E-state index contributed by atoms with van der Waals surface area (Å²) >= 11 is 0. The fraction of sp³-hybridized carbons (Fsp3) is 0.190. The highest BCUT2D eigenvalue weighted by Crippen LogP contribution is 2.39. The highest BCUT2D eigenvalue weighted by molar-refractivity contribution is 7.92. The van der Waals surface area contributed by atoms with Crippen LogP contribution < -0.4 is 9.46 Å². The summed E-state index contributed by atoms with van der Waals surface area (Å²) in [5.74, 6) is -0.0425. The van der Waals surface area contributed by atoms with Gasteiger partial charge >= 0.3 is 0 Å². The summed E-state index contributed by atoms with van der Waals surface area (Å²) < 4.78 is 84.6. The van der Waals surface area contributed by atoms with Gasteiger partial charge in [-0.25, -0.2) is 30.2 Å². The van der Waals surface area contributed by atoms with E-state index in [9.17, 15) is 21.2 Å². The average molecular weight is 794 g/mol. The molecular formula is C42H40FN5O6S2. The molecule has 0 fully saturated rings. The Labute approximate surface area is 325 Å². The molecule has 11 nitrogen and oxygen atoms in total. The third-order valence-electron chi connectivity index (χ3n) is 9.27. The van der Waals surface area contributed by atoms with Crippen LogP contribution in [0.3, 0.4) is 0 Å². The quantitative estimate of drug-likeness (QED) is 0.110. The fourth-order valence-electron chi connectivity index (χ4n) is 6.58. The van der Waals surface area contributed by atoms with Crippen molar-refractivity contribution in [1.82, 2.24) is 18.7 Å². The maximum Gasteiger partial charge on any atom is 0.269 e. The molecule has 7 rings (SSSR count). The van der Waals surface area contributed by atoms with E-state index in [0.29, 0.717) is 52.2 Å². The number of pyridine rings is 1. The molecule has 1 N–H and O–H groups in total. The van der Waals surface area contributed by atoms with Gasteiger partial charge < -0.3 is 9.47 Å². The number of nitrogens with zero attached hydrogens (tertiary/aromatic N) is 4. The van der Waals surface area contributed by atoms with Crippen LogP contribution in [0.4, 0.5) is 10.1 Å². The van der Waals surface area contributed by atoms with Crippen molar-refractivity contribution < 1.29 is 30.7 Å². The molecule has 7 aromatic rings. The first kappa shape index (κ1) is 38.4. The second-order valence-corrected chi connectivity index (χ2v) is 17.1. The number of aryl methyl sites for hydroxylation is 2. The van der Waals surface area contributed by atoms with Crippen molar-refractivity contribution in [2.24, 2.45) is 0 Å². The van der Waals surface area contributed by atoms with Crippen LogP contribution in [0.5, 0.6) is 5.75 Å². The summed E-state index contributed by atoms with van der Waals surface area (Å²) in [5, 5.41) is 5.30. The van der Waals surface area contributed by atoms with Crippen LogP contribution in [0, 0.1) is 26.6 Å². The minimum absolute atomic E-state index is 0.102. The molecule has 56 heavy (non-hydrogen) atoms. The Morgan fingerprint density at radius 3 is 2.29 bits per heavy atom. The zero-order chi connectivity index (χ0) is 39.6. The van der Waals surface area contributed by atoms with E-state index in [1.165, 1.54) is 16.1 Å². The van der Waals surface area contributed by atoms with Crippen LogP contribution in [-0.2, 0) is 37.9 Å². The molecular weight excluding hydrogens is 754 g/mol. The second-order valence-electron chi connectivity index (χ2n) is 13.6. The zero-order valence-electron chi connectivity index (χ0n) is 31.2. The Balaban J connectivity index is 1.29. The van der Waals surface area contributed by atoms with Gasteiger partial charge in [-0.15, -0.1) is 0 Å². The Morgan fingerprint density at radius 1 is 0.804 bits per heavy atom. The minimum Gasteiger partial charge on any atom is -0.489 e. The van der Waals surface area contributed by atoms with Gasteiger partial charge in [0.2, 0.25) is 10.0 Å². The minimum atomic E-state index is -4.10. The van der Waals surface area contributed by atoms with E-state index in [1.54, 1.807) is 65.6 Å². The molecule has 3 aromatic heterocycles. The normalized spacial score (nSPS) is 11.9. The molecule has 0 saturated heterocycles. The fourth-order valence-corrected chi connectivity index (χ4v) is 8.47. The molecule has 0 saturated carbocycles. The lowest BCUT2D eigenvalue weighted by Crippen LogP contribution is -2.13. The number of ether oxygens (including phenoxy) is 2. The first-order valence-electron chi connectivity index (χ1n) is 17.8. The Bertz CT molecular complexity index is 2770. The van der Waals surface area contributed by atoms with Gasteiger partial charge in [0.15, 0.2) is 5.65 Å². The van der Waals surface area contributed by atoms with Gasteiger partial charge in [0.25, 0.3) is 10.0 Å². The lowest BCUT2D eigenvalue weighted by atomic mass is 10.0. The third-order valence-corrected chi connectivity index (χ3v) is 11.5. The second kappa shape index (κ2) is 15.7. The van der Waals surface area contributed by atoms with Gasteiger partial charge in [0.05, 0.1) is 42.3 Å². The zero-order valence-corrected chi connectivity index (χ0v) is 32.9. The van der Waals surface area contributed by atoms with Crippen molar-refractivity contribution in [2.75, 3.05) is 24.2 Å². The molecule has 0 atom stereocenters. The molecule has 0 aliphatic rings. The number of halogens is 1. The van der Waals surface area contributed by atoms with Crippen LogP contribution >= 0.6 is 0 Å². The maximum atomic E-state index is 14.2. The van der Waals surface area contributed by atoms with Crippen LogP contribution in [0.15, 0.2) is 120 Å². The van der Waals surface area contributed by atoms with Crippen molar-refractivity contribution in [2.45, 2.75) is 38.8 Å². The summed E-state index contributed by atoms with van der Waals surface area (Å²) in [4.78, 5) is 4.81. The number of rotatable bonds is 14. The highest BCUT2D eigenvalue weighted by Gasteiger charge is 2.26. The maximum absolute atomic E-state index is 14.2. The third kappa shape index (κ3) is 8.37. The van der Waals surface area contributed by atoms with Gasteiger partial charge in [-0.2, -0.15) is 5.10 Å². The highest BCUT2D eigenvalue weighted by atomic mass is 32.2. The van der Waals surface area contributed by atoms with Gasteiger partial charge in [-0.05, 0) is 79.9 Å². The Kier molecular flexibility index (Phi) is 10.8. The standard InChI is InChI=1S/C42H40FN5O6S2/c1-28-13-16-36(17-14-28)56(51,52)48-26-38(41-29(2)45-47(30(41)3)25-32-11-8-12-35(43)21-32)37-22-34(24-44-42(37)48)33-15-18-40(39(23-33)46-55(4,49)50)54-20-19-53-27-31-9-6-5-7-10-31/h5-18,21-24,26,46H,19-20,25,27H2,1-4H3. The topological polar surface area (TPSA) is 134 Å². The van der Waals surface area contributed by atoms with Gasteiger partial charge in [-0.3, -0.25) is 9.40 Å². The molecule has 0 amide bonds. The number of anilines is 1. The summed E-state index contributed by atoms with van der Waals surface area (Å²) in [6.45, 7) is 6.78. The first-order chi connectivity index (χ1) is 26.8. The van der Waals surface area contributed by atoms with E-state index in [1.807, 2.05) is 63.2 Å². The molecule has 0 aliphatic heterocycles. The van der Waals surface area contributed by atoms with Crippen molar-refractivity contribution in [3.8, 4) is 28.0 Å². The molecule has 288 valence electrons. The van der Waals surface area contributed by atoms with Crippen LogP contribution in [0.2, 0.25) is 0 Å². The summed E-state index contributed by atoms with van der Waals surface area (Å²) in [6.07, 6.45) is 4.17. The summed E-state index contributed by atoms with van der Waals surface area (Å²) in [7, 11) is -7.80. The van der Waals surface area contributed by atoms with Crippen LogP contribution in [0.1, 0.15) is 28.1 Å². The Hall–Kier alpha value is -5.83. The van der Waals surface area contributed by atoms with E-state index in [2.05, 4.69) is 4.72 Å². The molecule has 0 unspecified atom stereocenters. The largest absolute Gasteiger partial charge is 0.489 e. The van der Waals surface area contributed by atoms with Crippen molar-refractivity contribution in [1.29, 1.82) is 0 Å². The molecule has 14 heteroatoms. The lowest BCUT2D eigenvalue weighted by Gasteiger charge is -2.14. The Morgan fingerprint density at radius 2 is 1.55 bits per heavy atom. The van der Waals surface area contributed by atoms with E-state index in [0.717, 1.165) is 28.6 Å². The van der Waals surface area contributed by atoms with E-state index in [4.69, 9.17) is 19.6 Å². The molecule has 0 aliphatic carbocycles. The summed E-state index contributed by atoms with van der Waals surface area (Å²) in [6, 6.07) is 29.6. The van der Waals surface area contributed by atoms with Crippen LogP contribution in [-0.4, -0.2) is 55.0 Å². The SMILES string of the molecule is Cc1ccc(S(=O)(=O)n2cc(-c3c(C)nn(Cc4cccc(F)c4)c3C)c3cc(-c4ccc(OCCOCc5ccccc5)c(NS(C)(=O)=O)c4)cnc32)cc1. The molecule has 3 heterocycles. The van der Waals surface area contributed by atoms with E-state index < -0.39 is 20.0 Å². The number of sulfonamides is 1. The number of benzene rings is 4.